The minimum absolute atomic E-state index is 0.341. The lowest BCUT2D eigenvalue weighted by Crippen LogP contribution is -2.11. The van der Waals surface area contributed by atoms with Crippen molar-refractivity contribution >= 4 is 22.6 Å². The van der Waals surface area contributed by atoms with Gasteiger partial charge in [-0.3, -0.25) is 4.79 Å². The molecule has 1 N–H and O–H groups in total. The van der Waals surface area contributed by atoms with Gasteiger partial charge in [0.05, 0.1) is 0 Å². The van der Waals surface area contributed by atoms with Gasteiger partial charge in [0.1, 0.15) is 11.4 Å². The molecular weight excluding hydrogens is 273 g/mol. The highest BCUT2D eigenvalue weighted by molar-refractivity contribution is 6.05. The van der Waals surface area contributed by atoms with E-state index in [9.17, 15) is 14.0 Å². The number of carbonyl (C=O) groups is 1. The fraction of sp³-hybridized carbons (Fsp3) is 0. The fourth-order valence-electron chi connectivity index (χ4n) is 1.95. The summed E-state index contributed by atoms with van der Waals surface area (Å²) in [5.41, 5.74) is 0.939. The number of nitrogens with one attached hydrogen (secondary N) is 1. The number of fused-ring (bicyclic) bond motifs is 1. The van der Waals surface area contributed by atoms with Crippen molar-refractivity contribution in [3.8, 4) is 0 Å². The molecule has 0 fully saturated rings. The highest BCUT2D eigenvalue weighted by atomic mass is 19.1. The van der Waals surface area contributed by atoms with Crippen LogP contribution in [0.5, 0.6) is 0 Å². The summed E-state index contributed by atoms with van der Waals surface area (Å²) in [6, 6.07) is 13.1. The normalized spacial score (nSPS) is 10.5. The molecule has 0 radical (unpaired) electrons. The van der Waals surface area contributed by atoms with Crippen LogP contribution in [0.3, 0.4) is 0 Å². The van der Waals surface area contributed by atoms with Gasteiger partial charge in [0, 0.05) is 22.7 Å². The average molecular weight is 283 g/mol. The number of halogens is 1. The van der Waals surface area contributed by atoms with Crippen molar-refractivity contribution in [1.82, 2.24) is 0 Å². The molecule has 1 heterocycles. The summed E-state index contributed by atoms with van der Waals surface area (Å²) >= 11 is 0. The minimum Gasteiger partial charge on any atom is -0.423 e. The molecule has 0 spiro atoms. The molecule has 21 heavy (non-hydrogen) atoms. The monoisotopic (exact) mass is 283 g/mol. The van der Waals surface area contributed by atoms with E-state index in [4.69, 9.17) is 4.42 Å². The number of rotatable bonds is 2. The van der Waals surface area contributed by atoms with Crippen molar-refractivity contribution in [2.45, 2.75) is 0 Å². The van der Waals surface area contributed by atoms with Crippen molar-refractivity contribution in [2.75, 3.05) is 5.32 Å². The van der Waals surface area contributed by atoms with Crippen molar-refractivity contribution in [2.24, 2.45) is 0 Å². The van der Waals surface area contributed by atoms with Crippen LogP contribution in [0, 0.1) is 5.82 Å². The zero-order valence-electron chi connectivity index (χ0n) is 10.8. The summed E-state index contributed by atoms with van der Waals surface area (Å²) in [6.45, 7) is 0. The lowest BCUT2D eigenvalue weighted by Gasteiger charge is -2.06. The quantitative estimate of drug-likeness (QED) is 0.735. The highest BCUT2D eigenvalue weighted by Gasteiger charge is 2.07. The summed E-state index contributed by atoms with van der Waals surface area (Å²) in [5.74, 6) is -0.737. The smallest absolute Gasteiger partial charge is 0.336 e. The number of carbonyl (C=O) groups excluding carboxylic acids is 1. The van der Waals surface area contributed by atoms with Gasteiger partial charge in [-0.1, -0.05) is 0 Å². The summed E-state index contributed by atoms with van der Waals surface area (Å²) in [5, 5.41) is 3.40. The molecule has 3 aromatic rings. The molecule has 0 aliphatic heterocycles. The third-order valence-corrected chi connectivity index (χ3v) is 2.98. The van der Waals surface area contributed by atoms with Gasteiger partial charge < -0.3 is 9.73 Å². The van der Waals surface area contributed by atoms with Crippen LogP contribution >= 0.6 is 0 Å². The number of hydrogen-bond donors (Lipinski definition) is 1. The van der Waals surface area contributed by atoms with Crippen molar-refractivity contribution in [1.29, 1.82) is 0 Å². The standard InChI is InChI=1S/C16H10FNO3/c17-12-4-1-10(2-5-12)16(20)18-13-6-7-14-11(9-13)3-8-15(19)21-14/h1-9H,(H,18,20). The fourth-order valence-corrected chi connectivity index (χ4v) is 1.95. The Labute approximate surface area is 118 Å². The van der Waals surface area contributed by atoms with Gasteiger partial charge in [-0.15, -0.1) is 0 Å². The Bertz CT molecular complexity index is 869. The number of benzene rings is 2. The SMILES string of the molecule is O=C(Nc1ccc2oc(=O)ccc2c1)c1ccc(F)cc1. The van der Waals surface area contributed by atoms with E-state index in [-0.39, 0.29) is 5.91 Å². The first kappa shape index (κ1) is 13.1. The number of amides is 1. The second-order valence-electron chi connectivity index (χ2n) is 4.47. The Morgan fingerprint density at radius 1 is 1.00 bits per heavy atom. The first-order valence-corrected chi connectivity index (χ1v) is 6.23. The Kier molecular flexibility index (Phi) is 3.23. The van der Waals surface area contributed by atoms with E-state index in [0.29, 0.717) is 22.2 Å². The minimum atomic E-state index is -0.425. The molecule has 0 bridgehead atoms. The zero-order valence-corrected chi connectivity index (χ0v) is 10.8. The van der Waals surface area contributed by atoms with E-state index in [1.54, 1.807) is 24.3 Å². The lowest BCUT2D eigenvalue weighted by molar-refractivity contribution is 0.102. The van der Waals surface area contributed by atoms with E-state index < -0.39 is 11.4 Å². The van der Waals surface area contributed by atoms with Crippen LogP contribution < -0.4 is 10.9 Å². The highest BCUT2D eigenvalue weighted by Crippen LogP contribution is 2.18. The van der Waals surface area contributed by atoms with E-state index >= 15 is 0 Å². The first-order chi connectivity index (χ1) is 10.1. The van der Waals surface area contributed by atoms with Gasteiger partial charge in [-0.2, -0.15) is 0 Å². The molecule has 4 nitrogen and oxygen atoms in total. The molecule has 0 aliphatic carbocycles. The summed E-state index contributed by atoms with van der Waals surface area (Å²) in [6.07, 6.45) is 0. The van der Waals surface area contributed by atoms with Gasteiger partial charge in [0.25, 0.3) is 5.91 Å². The molecule has 1 aromatic heterocycles. The molecule has 1 amide bonds. The number of anilines is 1. The van der Waals surface area contributed by atoms with Crippen LogP contribution in [-0.4, -0.2) is 5.91 Å². The van der Waals surface area contributed by atoms with Gasteiger partial charge in [-0.05, 0) is 48.5 Å². The van der Waals surface area contributed by atoms with E-state index in [1.165, 1.54) is 30.3 Å². The molecule has 3 rings (SSSR count). The second-order valence-corrected chi connectivity index (χ2v) is 4.47. The second kappa shape index (κ2) is 5.20. The van der Waals surface area contributed by atoms with Crippen LogP contribution in [0.2, 0.25) is 0 Å². The van der Waals surface area contributed by atoms with Gasteiger partial charge in [-0.25, -0.2) is 9.18 Å². The first-order valence-electron chi connectivity index (χ1n) is 6.23. The molecule has 0 aliphatic rings. The van der Waals surface area contributed by atoms with Crippen LogP contribution in [0.1, 0.15) is 10.4 Å². The van der Waals surface area contributed by atoms with E-state index in [2.05, 4.69) is 5.32 Å². The van der Waals surface area contributed by atoms with Gasteiger partial charge in [0.15, 0.2) is 0 Å². The predicted octanol–water partition coefficient (Wildman–Crippen LogP) is 3.18. The van der Waals surface area contributed by atoms with Crippen LogP contribution in [-0.2, 0) is 0 Å². The van der Waals surface area contributed by atoms with Crippen molar-refractivity contribution in [3.63, 3.8) is 0 Å². The Morgan fingerprint density at radius 2 is 1.76 bits per heavy atom. The maximum absolute atomic E-state index is 12.8. The maximum Gasteiger partial charge on any atom is 0.336 e. The zero-order chi connectivity index (χ0) is 14.8. The third kappa shape index (κ3) is 2.81. The Balaban J connectivity index is 1.87. The summed E-state index contributed by atoms with van der Waals surface area (Å²) in [4.78, 5) is 23.1. The molecule has 0 saturated heterocycles. The van der Waals surface area contributed by atoms with Crippen LogP contribution in [0.4, 0.5) is 10.1 Å². The third-order valence-electron chi connectivity index (χ3n) is 2.98. The maximum atomic E-state index is 12.8. The predicted molar refractivity (Wildman–Crippen MR) is 76.8 cm³/mol. The summed E-state index contributed by atoms with van der Waals surface area (Å²) in [7, 11) is 0. The Hall–Kier alpha value is -2.95. The van der Waals surface area contributed by atoms with Crippen LogP contribution in [0.25, 0.3) is 11.0 Å². The molecular formula is C16H10FNO3. The van der Waals surface area contributed by atoms with E-state index in [1.807, 2.05) is 0 Å². The molecule has 2 aromatic carbocycles. The molecule has 5 heteroatoms. The van der Waals surface area contributed by atoms with Gasteiger partial charge >= 0.3 is 5.63 Å². The average Bonchev–Trinajstić information content (AvgIpc) is 2.48. The molecule has 0 saturated carbocycles. The van der Waals surface area contributed by atoms with Gasteiger partial charge in [0.2, 0.25) is 0 Å². The molecule has 0 unspecified atom stereocenters. The molecule has 0 atom stereocenters. The Morgan fingerprint density at radius 3 is 2.52 bits per heavy atom. The topological polar surface area (TPSA) is 59.3 Å². The molecule has 104 valence electrons. The van der Waals surface area contributed by atoms with E-state index in [0.717, 1.165) is 0 Å². The summed E-state index contributed by atoms with van der Waals surface area (Å²) < 4.78 is 17.8. The lowest BCUT2D eigenvalue weighted by atomic mass is 10.2. The van der Waals surface area contributed by atoms with Crippen LogP contribution in [0.15, 0.2) is 63.8 Å². The number of hydrogen-bond acceptors (Lipinski definition) is 3. The largest absolute Gasteiger partial charge is 0.423 e. The van der Waals surface area contributed by atoms with Crippen molar-refractivity contribution in [3.05, 3.63) is 76.4 Å². The van der Waals surface area contributed by atoms with Crippen molar-refractivity contribution < 1.29 is 13.6 Å².